The number of hydrogen-bond donors (Lipinski definition) is 4. The van der Waals surface area contributed by atoms with Gasteiger partial charge in [-0.3, -0.25) is 14.9 Å². The minimum absolute atomic E-state index is 0.0518. The molecule has 1 aromatic carbocycles. The molecule has 7 heteroatoms. The smallest absolute Gasteiger partial charge is 0.225 e. The SMILES string of the molecule is CN=C(NCc1ccn[nH]1)NCC1CC(=O)Nc2ccccc21. The zero-order valence-corrected chi connectivity index (χ0v) is 13.0. The van der Waals surface area contributed by atoms with Crippen LogP contribution in [0.4, 0.5) is 5.69 Å². The van der Waals surface area contributed by atoms with Crippen molar-refractivity contribution in [1.82, 2.24) is 20.8 Å². The fourth-order valence-corrected chi connectivity index (χ4v) is 2.69. The Bertz CT molecular complexity index is 694. The monoisotopic (exact) mass is 312 g/mol. The van der Waals surface area contributed by atoms with E-state index in [0.717, 1.165) is 16.9 Å². The van der Waals surface area contributed by atoms with Gasteiger partial charge in [0.1, 0.15) is 0 Å². The molecular formula is C16H20N6O. The van der Waals surface area contributed by atoms with Gasteiger partial charge in [0.2, 0.25) is 5.91 Å². The summed E-state index contributed by atoms with van der Waals surface area (Å²) in [6.45, 7) is 1.26. The van der Waals surface area contributed by atoms with E-state index in [4.69, 9.17) is 0 Å². The van der Waals surface area contributed by atoms with Gasteiger partial charge in [-0.05, 0) is 17.7 Å². The Morgan fingerprint density at radius 2 is 2.22 bits per heavy atom. The molecule has 1 aliphatic heterocycles. The average Bonchev–Trinajstić information content (AvgIpc) is 3.08. The predicted molar refractivity (Wildman–Crippen MR) is 89.2 cm³/mol. The van der Waals surface area contributed by atoms with Crippen molar-refractivity contribution in [3.8, 4) is 0 Å². The number of hydrogen-bond acceptors (Lipinski definition) is 3. The molecule has 0 aliphatic carbocycles. The largest absolute Gasteiger partial charge is 0.356 e. The van der Waals surface area contributed by atoms with Crippen LogP contribution in [0, 0.1) is 0 Å². The highest BCUT2D eigenvalue weighted by atomic mass is 16.1. The number of nitrogens with zero attached hydrogens (tertiary/aromatic N) is 2. The van der Waals surface area contributed by atoms with E-state index in [0.29, 0.717) is 25.5 Å². The van der Waals surface area contributed by atoms with Crippen LogP contribution in [-0.4, -0.2) is 35.7 Å². The normalized spacial score (nSPS) is 17.3. The van der Waals surface area contributed by atoms with Crippen molar-refractivity contribution in [3.63, 3.8) is 0 Å². The molecule has 0 spiro atoms. The molecule has 7 nitrogen and oxygen atoms in total. The molecule has 0 radical (unpaired) electrons. The van der Waals surface area contributed by atoms with Gasteiger partial charge < -0.3 is 16.0 Å². The summed E-state index contributed by atoms with van der Waals surface area (Å²) in [5.74, 6) is 0.879. The van der Waals surface area contributed by atoms with E-state index in [1.807, 2.05) is 24.3 Å². The molecule has 1 amide bonds. The van der Waals surface area contributed by atoms with E-state index < -0.39 is 0 Å². The van der Waals surface area contributed by atoms with Gasteiger partial charge in [-0.2, -0.15) is 5.10 Å². The topological polar surface area (TPSA) is 94.2 Å². The Balaban J connectivity index is 1.59. The maximum Gasteiger partial charge on any atom is 0.225 e. The Morgan fingerprint density at radius 1 is 1.35 bits per heavy atom. The van der Waals surface area contributed by atoms with Gasteiger partial charge >= 0.3 is 0 Å². The van der Waals surface area contributed by atoms with Crippen LogP contribution in [0.15, 0.2) is 41.5 Å². The number of guanidine groups is 1. The van der Waals surface area contributed by atoms with Gasteiger partial charge in [-0.15, -0.1) is 0 Å². The highest BCUT2D eigenvalue weighted by molar-refractivity contribution is 5.94. The highest BCUT2D eigenvalue weighted by Gasteiger charge is 2.24. The second-order valence-electron chi connectivity index (χ2n) is 5.43. The van der Waals surface area contributed by atoms with Crippen LogP contribution in [0.1, 0.15) is 23.6 Å². The first-order valence-electron chi connectivity index (χ1n) is 7.58. The van der Waals surface area contributed by atoms with E-state index in [-0.39, 0.29) is 11.8 Å². The van der Waals surface area contributed by atoms with Crippen LogP contribution in [0.3, 0.4) is 0 Å². The van der Waals surface area contributed by atoms with Gasteiger partial charge in [0.25, 0.3) is 0 Å². The zero-order chi connectivity index (χ0) is 16.1. The molecule has 1 aliphatic rings. The van der Waals surface area contributed by atoms with Gasteiger partial charge in [-0.1, -0.05) is 18.2 Å². The summed E-state index contributed by atoms with van der Waals surface area (Å²) in [6.07, 6.45) is 2.19. The number of amides is 1. The van der Waals surface area contributed by atoms with Crippen molar-refractivity contribution >= 4 is 17.6 Å². The molecule has 0 bridgehead atoms. The Kier molecular flexibility index (Phi) is 4.56. The molecule has 120 valence electrons. The number of H-pyrrole nitrogens is 1. The summed E-state index contributed by atoms with van der Waals surface area (Å²) in [5.41, 5.74) is 3.04. The standard InChI is InChI=1S/C16H20N6O/c1-17-16(19-10-12-6-7-20-22-12)18-9-11-8-15(23)21-14-5-3-2-4-13(11)14/h2-7,11H,8-10H2,1H3,(H,20,22)(H,21,23)(H2,17,18,19). The minimum Gasteiger partial charge on any atom is -0.356 e. The number of nitrogens with one attached hydrogen (secondary N) is 4. The summed E-state index contributed by atoms with van der Waals surface area (Å²) in [6, 6.07) is 9.82. The third kappa shape index (κ3) is 3.68. The maximum atomic E-state index is 11.8. The summed E-state index contributed by atoms with van der Waals surface area (Å²) < 4.78 is 0. The third-order valence-electron chi connectivity index (χ3n) is 3.85. The van der Waals surface area contributed by atoms with E-state index >= 15 is 0 Å². The number of aromatic amines is 1. The van der Waals surface area contributed by atoms with Gasteiger partial charge in [-0.25, -0.2) is 0 Å². The lowest BCUT2D eigenvalue weighted by Crippen LogP contribution is -2.40. The predicted octanol–water partition coefficient (Wildman–Crippen LogP) is 1.20. The van der Waals surface area contributed by atoms with Gasteiger partial charge in [0, 0.05) is 37.8 Å². The summed E-state index contributed by atoms with van der Waals surface area (Å²) in [4.78, 5) is 16.0. The molecule has 3 rings (SSSR count). The fraction of sp³-hybridized carbons (Fsp3) is 0.312. The molecule has 1 unspecified atom stereocenters. The Hall–Kier alpha value is -2.83. The fourth-order valence-electron chi connectivity index (χ4n) is 2.69. The van der Waals surface area contributed by atoms with Crippen LogP contribution in [-0.2, 0) is 11.3 Å². The van der Waals surface area contributed by atoms with Crippen molar-refractivity contribution in [1.29, 1.82) is 0 Å². The van der Waals surface area contributed by atoms with E-state index in [1.165, 1.54) is 0 Å². The van der Waals surface area contributed by atoms with Crippen LogP contribution < -0.4 is 16.0 Å². The van der Waals surface area contributed by atoms with Crippen molar-refractivity contribution in [3.05, 3.63) is 47.8 Å². The van der Waals surface area contributed by atoms with E-state index in [1.54, 1.807) is 13.2 Å². The second-order valence-corrected chi connectivity index (χ2v) is 5.43. The number of benzene rings is 1. The minimum atomic E-state index is 0.0518. The first-order chi connectivity index (χ1) is 11.3. The number of fused-ring (bicyclic) bond motifs is 1. The molecule has 2 aromatic rings. The Morgan fingerprint density at radius 3 is 3.00 bits per heavy atom. The van der Waals surface area contributed by atoms with Crippen LogP contribution in [0.2, 0.25) is 0 Å². The van der Waals surface area contributed by atoms with E-state index in [2.05, 4.69) is 37.2 Å². The molecule has 0 saturated carbocycles. The van der Waals surface area contributed by atoms with Crippen LogP contribution in [0.5, 0.6) is 0 Å². The molecule has 1 aromatic heterocycles. The summed E-state index contributed by atoms with van der Waals surface area (Å²) >= 11 is 0. The van der Waals surface area contributed by atoms with E-state index in [9.17, 15) is 4.79 Å². The maximum absolute atomic E-state index is 11.8. The number of aromatic nitrogens is 2. The van der Waals surface area contributed by atoms with Crippen LogP contribution >= 0.6 is 0 Å². The highest BCUT2D eigenvalue weighted by Crippen LogP contribution is 2.31. The quantitative estimate of drug-likeness (QED) is 0.504. The first-order valence-corrected chi connectivity index (χ1v) is 7.58. The second kappa shape index (κ2) is 6.95. The number of para-hydroxylation sites is 1. The van der Waals surface area contributed by atoms with Crippen LogP contribution in [0.25, 0.3) is 0 Å². The summed E-state index contributed by atoms with van der Waals surface area (Å²) in [7, 11) is 1.73. The molecule has 2 heterocycles. The number of aliphatic imine (C=N–C) groups is 1. The third-order valence-corrected chi connectivity index (χ3v) is 3.85. The van der Waals surface area contributed by atoms with Crippen molar-refractivity contribution in [2.75, 3.05) is 18.9 Å². The number of rotatable bonds is 4. The molecule has 4 N–H and O–H groups in total. The first kappa shape index (κ1) is 15.1. The van der Waals surface area contributed by atoms with Crippen molar-refractivity contribution in [2.45, 2.75) is 18.9 Å². The molecule has 0 fully saturated rings. The average molecular weight is 312 g/mol. The number of anilines is 1. The van der Waals surface area contributed by atoms with Gasteiger partial charge in [0.05, 0.1) is 12.2 Å². The summed E-state index contributed by atoms with van der Waals surface area (Å²) in [5, 5.41) is 16.2. The number of carbonyl (C=O) groups is 1. The lowest BCUT2D eigenvalue weighted by Gasteiger charge is -2.26. The molecule has 0 saturated heterocycles. The molecule has 1 atom stereocenters. The van der Waals surface area contributed by atoms with Gasteiger partial charge in [0.15, 0.2) is 5.96 Å². The lowest BCUT2D eigenvalue weighted by atomic mass is 9.90. The lowest BCUT2D eigenvalue weighted by molar-refractivity contribution is -0.116. The number of carbonyl (C=O) groups excluding carboxylic acids is 1. The molecule has 23 heavy (non-hydrogen) atoms. The van der Waals surface area contributed by atoms with Crippen molar-refractivity contribution < 1.29 is 4.79 Å². The van der Waals surface area contributed by atoms with Crippen molar-refractivity contribution in [2.24, 2.45) is 4.99 Å². The molecular weight excluding hydrogens is 292 g/mol. The zero-order valence-electron chi connectivity index (χ0n) is 13.0. The Labute approximate surface area is 134 Å².